The minimum absolute atomic E-state index is 0.426. The molecule has 1 unspecified atom stereocenters. The highest BCUT2D eigenvalue weighted by atomic mass is 15.1. The van der Waals surface area contributed by atoms with Crippen molar-refractivity contribution in [1.82, 2.24) is 30.2 Å². The Kier molecular flexibility index (Phi) is 9.54. The predicted octanol–water partition coefficient (Wildman–Crippen LogP) is 4.19. The molecule has 10 nitrogen and oxygen atoms in total. The minimum atomic E-state index is 0.426. The first-order valence-corrected chi connectivity index (χ1v) is 14.1. The number of rotatable bonds is 8. The molecule has 5 heterocycles. The van der Waals surface area contributed by atoms with Crippen molar-refractivity contribution in [1.29, 1.82) is 0 Å². The Labute approximate surface area is 237 Å². The first-order chi connectivity index (χ1) is 19.1. The summed E-state index contributed by atoms with van der Waals surface area (Å²) in [6.45, 7) is 12.1. The average molecular weight is 545 g/mol. The summed E-state index contributed by atoms with van der Waals surface area (Å²) in [5.74, 6) is 1.62. The number of hydrogen-bond donors (Lipinski definition) is 5. The van der Waals surface area contributed by atoms with Crippen LogP contribution in [0.25, 0.3) is 22.1 Å². The SMILES string of the molecule is Cc1cc(C)c2c(N)cc(NC3CCNC3)nc2n1.Cc1cc(C)c2c(N)cc(NCCCCN(C)C)nc2n1. The molecule has 0 amide bonds. The van der Waals surface area contributed by atoms with E-state index in [4.69, 9.17) is 11.5 Å². The highest BCUT2D eigenvalue weighted by Crippen LogP contribution is 2.27. The standard InChI is InChI=1S/C16H25N5.C14H19N5/c1-11-9-12(2)19-16-15(11)13(17)10-14(20-16)18-7-5-6-8-21(3)4;1-8-5-9(2)17-14-13(8)11(15)6-12(19-14)18-10-3-4-16-7-10/h9-10H,5-8H2,1-4H3,(H3,17,18,19,20);5-6,10,16H,3-4,7H2,1-2H3,(H3,15,17,18,19). The van der Waals surface area contributed by atoms with E-state index in [1.54, 1.807) is 0 Å². The molecule has 40 heavy (non-hydrogen) atoms. The molecular formula is C30H44N10. The van der Waals surface area contributed by atoms with Crippen LogP contribution in [-0.2, 0) is 0 Å². The molecule has 0 radical (unpaired) electrons. The second-order valence-electron chi connectivity index (χ2n) is 11.0. The lowest BCUT2D eigenvalue weighted by molar-refractivity contribution is 0.396. The molecule has 1 atom stereocenters. The van der Waals surface area contributed by atoms with Crippen molar-refractivity contribution >= 4 is 45.1 Å². The summed E-state index contributed by atoms with van der Waals surface area (Å²) in [5.41, 5.74) is 19.4. The Morgan fingerprint density at radius 1 is 0.825 bits per heavy atom. The van der Waals surface area contributed by atoms with E-state index in [1.165, 1.54) is 6.42 Å². The van der Waals surface area contributed by atoms with Gasteiger partial charge in [-0.2, -0.15) is 0 Å². The Balaban J connectivity index is 0.000000186. The van der Waals surface area contributed by atoms with Gasteiger partial charge in [-0.1, -0.05) is 0 Å². The quantitative estimate of drug-likeness (QED) is 0.205. The Morgan fingerprint density at radius 3 is 1.95 bits per heavy atom. The van der Waals surface area contributed by atoms with Gasteiger partial charge in [0.1, 0.15) is 11.6 Å². The molecule has 214 valence electrons. The zero-order chi connectivity index (χ0) is 28.8. The molecule has 0 aromatic carbocycles. The number of nitrogens with two attached hydrogens (primary N) is 2. The van der Waals surface area contributed by atoms with Gasteiger partial charge in [-0.3, -0.25) is 0 Å². The van der Waals surface area contributed by atoms with Gasteiger partial charge in [0.05, 0.1) is 0 Å². The van der Waals surface area contributed by atoms with Crippen LogP contribution in [0.4, 0.5) is 23.0 Å². The van der Waals surface area contributed by atoms with E-state index in [9.17, 15) is 0 Å². The van der Waals surface area contributed by atoms with Crippen LogP contribution >= 0.6 is 0 Å². The number of aromatic nitrogens is 4. The molecule has 0 bridgehead atoms. The van der Waals surface area contributed by atoms with Crippen LogP contribution in [0.2, 0.25) is 0 Å². The predicted molar refractivity (Wildman–Crippen MR) is 168 cm³/mol. The minimum Gasteiger partial charge on any atom is -0.398 e. The van der Waals surface area contributed by atoms with Gasteiger partial charge in [0.15, 0.2) is 11.3 Å². The molecule has 7 N–H and O–H groups in total. The number of nitrogens with one attached hydrogen (secondary N) is 3. The first kappa shape index (κ1) is 29.2. The highest BCUT2D eigenvalue weighted by Gasteiger charge is 2.16. The molecule has 4 aromatic heterocycles. The lowest BCUT2D eigenvalue weighted by Gasteiger charge is -2.14. The average Bonchev–Trinajstić information content (AvgIpc) is 3.35. The number of pyridine rings is 4. The van der Waals surface area contributed by atoms with Crippen LogP contribution in [0, 0.1) is 27.7 Å². The summed E-state index contributed by atoms with van der Waals surface area (Å²) >= 11 is 0. The van der Waals surface area contributed by atoms with E-state index in [1.807, 2.05) is 52.0 Å². The second-order valence-corrected chi connectivity index (χ2v) is 11.0. The molecule has 10 heteroatoms. The molecule has 1 fully saturated rings. The van der Waals surface area contributed by atoms with E-state index in [0.717, 1.165) is 107 Å². The Morgan fingerprint density at radius 2 is 1.40 bits per heavy atom. The maximum atomic E-state index is 6.15. The lowest BCUT2D eigenvalue weighted by atomic mass is 10.1. The highest BCUT2D eigenvalue weighted by molar-refractivity contribution is 5.93. The topological polar surface area (TPSA) is 143 Å². The van der Waals surface area contributed by atoms with Gasteiger partial charge in [-0.05, 0) is 97.4 Å². The fraction of sp³-hybridized carbons (Fsp3) is 0.467. The third-order valence-corrected chi connectivity index (χ3v) is 7.02. The molecule has 1 saturated heterocycles. The molecule has 0 saturated carbocycles. The van der Waals surface area contributed by atoms with Crippen molar-refractivity contribution in [3.63, 3.8) is 0 Å². The molecule has 4 aromatic rings. The summed E-state index contributed by atoms with van der Waals surface area (Å²) in [7, 11) is 4.19. The van der Waals surface area contributed by atoms with Gasteiger partial charge in [-0.25, -0.2) is 19.9 Å². The normalized spacial score (nSPS) is 14.9. The van der Waals surface area contributed by atoms with Crippen molar-refractivity contribution in [3.05, 3.63) is 46.8 Å². The number of nitrogen functional groups attached to an aromatic ring is 2. The van der Waals surface area contributed by atoms with Crippen LogP contribution in [0.5, 0.6) is 0 Å². The van der Waals surface area contributed by atoms with E-state index in [0.29, 0.717) is 6.04 Å². The molecule has 1 aliphatic rings. The number of anilines is 4. The first-order valence-electron chi connectivity index (χ1n) is 14.1. The van der Waals surface area contributed by atoms with Crippen LogP contribution in [0.15, 0.2) is 24.3 Å². The zero-order valence-electron chi connectivity index (χ0n) is 24.7. The van der Waals surface area contributed by atoms with Crippen molar-refractivity contribution in [2.45, 2.75) is 53.0 Å². The fourth-order valence-electron chi connectivity index (χ4n) is 5.16. The van der Waals surface area contributed by atoms with Gasteiger partial charge in [0.25, 0.3) is 0 Å². The number of fused-ring (bicyclic) bond motifs is 2. The monoisotopic (exact) mass is 544 g/mol. The van der Waals surface area contributed by atoms with E-state index in [-0.39, 0.29) is 0 Å². The maximum Gasteiger partial charge on any atom is 0.164 e. The van der Waals surface area contributed by atoms with Crippen molar-refractivity contribution in [2.24, 2.45) is 0 Å². The van der Waals surface area contributed by atoms with Crippen molar-refractivity contribution in [3.8, 4) is 0 Å². The van der Waals surface area contributed by atoms with Gasteiger partial charge >= 0.3 is 0 Å². The Hall–Kier alpha value is -3.76. The van der Waals surface area contributed by atoms with Crippen LogP contribution in [-0.4, -0.2) is 71.2 Å². The Bertz CT molecular complexity index is 1460. The van der Waals surface area contributed by atoms with E-state index >= 15 is 0 Å². The van der Waals surface area contributed by atoms with Crippen molar-refractivity contribution < 1.29 is 0 Å². The molecule has 1 aliphatic heterocycles. The molecule has 0 aliphatic carbocycles. The number of aryl methyl sites for hydroxylation is 4. The molecule has 5 rings (SSSR count). The molecule has 0 spiro atoms. The maximum absolute atomic E-state index is 6.15. The fourth-order valence-corrected chi connectivity index (χ4v) is 5.16. The summed E-state index contributed by atoms with van der Waals surface area (Å²) < 4.78 is 0. The lowest BCUT2D eigenvalue weighted by Crippen LogP contribution is -2.22. The third kappa shape index (κ3) is 7.45. The van der Waals surface area contributed by atoms with Gasteiger partial charge < -0.3 is 32.3 Å². The summed E-state index contributed by atoms with van der Waals surface area (Å²) in [4.78, 5) is 20.3. The zero-order valence-corrected chi connectivity index (χ0v) is 24.7. The smallest absolute Gasteiger partial charge is 0.164 e. The van der Waals surface area contributed by atoms with E-state index in [2.05, 4.69) is 54.9 Å². The van der Waals surface area contributed by atoms with Crippen LogP contribution in [0.3, 0.4) is 0 Å². The van der Waals surface area contributed by atoms with Gasteiger partial charge in [0, 0.05) is 64.8 Å². The molecular weight excluding hydrogens is 500 g/mol. The number of unbranched alkanes of at least 4 members (excludes halogenated alkanes) is 1. The van der Waals surface area contributed by atoms with E-state index < -0.39 is 0 Å². The van der Waals surface area contributed by atoms with Crippen molar-refractivity contribution in [2.75, 3.05) is 62.4 Å². The number of nitrogens with zero attached hydrogens (tertiary/aromatic N) is 5. The largest absolute Gasteiger partial charge is 0.398 e. The van der Waals surface area contributed by atoms with Gasteiger partial charge in [-0.15, -0.1) is 0 Å². The van der Waals surface area contributed by atoms with Gasteiger partial charge in [0.2, 0.25) is 0 Å². The van der Waals surface area contributed by atoms with Crippen LogP contribution in [0.1, 0.15) is 41.8 Å². The summed E-state index contributed by atoms with van der Waals surface area (Å²) in [5, 5.41) is 12.0. The number of hydrogen-bond acceptors (Lipinski definition) is 10. The summed E-state index contributed by atoms with van der Waals surface area (Å²) in [6, 6.07) is 8.31. The van der Waals surface area contributed by atoms with Crippen LogP contribution < -0.4 is 27.4 Å². The summed E-state index contributed by atoms with van der Waals surface area (Å²) in [6.07, 6.45) is 3.39. The third-order valence-electron chi connectivity index (χ3n) is 7.02. The second kappa shape index (κ2) is 13.1.